The third kappa shape index (κ3) is 6.91. The van der Waals surface area contributed by atoms with E-state index in [1.807, 2.05) is 37.3 Å². The van der Waals surface area contributed by atoms with Gasteiger partial charge in [-0.25, -0.2) is 0 Å². The minimum absolute atomic E-state index is 0.0548. The van der Waals surface area contributed by atoms with Crippen molar-refractivity contribution in [2.75, 3.05) is 6.61 Å². The third-order valence-corrected chi connectivity index (χ3v) is 4.49. The molecule has 0 spiro atoms. The van der Waals surface area contributed by atoms with E-state index in [0.29, 0.717) is 17.9 Å². The Balaban J connectivity index is 1.80. The Hall–Kier alpha value is -2.29. The second kappa shape index (κ2) is 11.3. The van der Waals surface area contributed by atoms with Gasteiger partial charge in [-0.2, -0.15) is 0 Å². The second-order valence-corrected chi connectivity index (χ2v) is 6.70. The van der Waals surface area contributed by atoms with Crippen LogP contribution in [0.1, 0.15) is 69.5 Å². The van der Waals surface area contributed by atoms with E-state index < -0.39 is 0 Å². The molecule has 0 unspecified atom stereocenters. The van der Waals surface area contributed by atoms with E-state index in [0.717, 1.165) is 12.0 Å². The summed E-state index contributed by atoms with van der Waals surface area (Å²) in [5.74, 6) is 0.916. The van der Waals surface area contributed by atoms with Crippen molar-refractivity contribution in [1.82, 2.24) is 0 Å². The van der Waals surface area contributed by atoms with Gasteiger partial charge in [0.2, 0.25) is 0 Å². The van der Waals surface area contributed by atoms with Gasteiger partial charge in [0.15, 0.2) is 0 Å². The summed E-state index contributed by atoms with van der Waals surface area (Å²) in [6, 6.07) is 15.6. The lowest BCUT2D eigenvalue weighted by molar-refractivity contribution is 0.302. The van der Waals surface area contributed by atoms with Gasteiger partial charge >= 0.3 is 0 Å². The van der Waals surface area contributed by atoms with Crippen molar-refractivity contribution < 1.29 is 9.84 Å². The van der Waals surface area contributed by atoms with Crippen LogP contribution in [0.4, 0.5) is 0 Å². The number of ether oxygens (including phenoxy) is 1. The molecule has 0 aliphatic heterocycles. The molecule has 2 aromatic carbocycles. The highest BCUT2D eigenvalue weighted by Gasteiger charge is 2.04. The van der Waals surface area contributed by atoms with Crippen LogP contribution in [0, 0.1) is 0 Å². The van der Waals surface area contributed by atoms with Crippen LogP contribution in [-0.2, 0) is 0 Å². The molecule has 1 N–H and O–H groups in total. The molecule has 0 bridgehead atoms. The minimum Gasteiger partial charge on any atom is -0.507 e. The van der Waals surface area contributed by atoms with Crippen LogP contribution in [0.2, 0.25) is 0 Å². The second-order valence-electron chi connectivity index (χ2n) is 6.70. The molecule has 0 heterocycles. The predicted octanol–water partition coefficient (Wildman–Crippen LogP) is 6.31. The molecule has 2 aromatic rings. The first kappa shape index (κ1) is 20.0. The first-order valence-corrected chi connectivity index (χ1v) is 9.74. The Morgan fingerprint density at radius 1 is 1.00 bits per heavy atom. The number of phenols is 1. The maximum atomic E-state index is 10.2. The van der Waals surface area contributed by atoms with E-state index in [9.17, 15) is 5.11 Å². The summed E-state index contributed by atoms with van der Waals surface area (Å²) < 4.78 is 5.74. The molecule has 2 rings (SSSR count). The number of aromatic hydroxyl groups is 1. The maximum Gasteiger partial charge on any atom is 0.128 e. The first-order chi connectivity index (χ1) is 12.7. The number of nitrogens with zero attached hydrogens (tertiary/aromatic N) is 1. The normalized spacial score (nSPS) is 12.4. The van der Waals surface area contributed by atoms with Gasteiger partial charge in [0.1, 0.15) is 11.5 Å². The lowest BCUT2D eigenvalue weighted by Gasteiger charge is -2.09. The molecule has 0 aliphatic carbocycles. The Morgan fingerprint density at radius 3 is 2.46 bits per heavy atom. The Morgan fingerprint density at radius 2 is 1.73 bits per heavy atom. The molecular formula is C23H31NO2. The van der Waals surface area contributed by atoms with Crippen molar-refractivity contribution >= 4 is 6.21 Å². The molecular weight excluding hydrogens is 322 g/mol. The third-order valence-electron chi connectivity index (χ3n) is 4.49. The van der Waals surface area contributed by atoms with Crippen molar-refractivity contribution in [2.45, 2.75) is 58.4 Å². The van der Waals surface area contributed by atoms with Crippen LogP contribution in [-0.4, -0.2) is 17.9 Å². The average molecular weight is 354 g/mol. The monoisotopic (exact) mass is 353 g/mol. The quantitative estimate of drug-likeness (QED) is 0.380. The molecule has 3 nitrogen and oxygen atoms in total. The Bertz CT molecular complexity index is 667. The lowest BCUT2D eigenvalue weighted by atomic mass is 10.1. The minimum atomic E-state index is 0.0548. The largest absolute Gasteiger partial charge is 0.507 e. The molecule has 0 saturated heterocycles. The zero-order valence-electron chi connectivity index (χ0n) is 16.0. The first-order valence-electron chi connectivity index (χ1n) is 9.74. The summed E-state index contributed by atoms with van der Waals surface area (Å²) in [4.78, 5) is 4.54. The number of rotatable bonds is 11. The number of hydrogen-bond donors (Lipinski definition) is 1. The predicted molar refractivity (Wildman–Crippen MR) is 109 cm³/mol. The summed E-state index contributed by atoms with van der Waals surface area (Å²) in [7, 11) is 0. The fourth-order valence-corrected chi connectivity index (χ4v) is 2.80. The summed E-state index contributed by atoms with van der Waals surface area (Å²) in [5, 5.41) is 10.2. The van der Waals surface area contributed by atoms with Gasteiger partial charge in [-0.05, 0) is 31.0 Å². The van der Waals surface area contributed by atoms with Crippen molar-refractivity contribution in [3.05, 3.63) is 59.7 Å². The van der Waals surface area contributed by atoms with Crippen molar-refractivity contribution in [3.63, 3.8) is 0 Å². The Kier molecular flexibility index (Phi) is 8.74. The van der Waals surface area contributed by atoms with Gasteiger partial charge in [0.25, 0.3) is 0 Å². The summed E-state index contributed by atoms with van der Waals surface area (Å²) in [6.45, 7) is 4.97. The van der Waals surface area contributed by atoms with E-state index in [4.69, 9.17) is 4.74 Å². The maximum absolute atomic E-state index is 10.2. The van der Waals surface area contributed by atoms with Crippen LogP contribution in [0.15, 0.2) is 53.5 Å². The van der Waals surface area contributed by atoms with Gasteiger partial charge in [-0.1, -0.05) is 69.4 Å². The summed E-state index contributed by atoms with van der Waals surface area (Å²) >= 11 is 0. The van der Waals surface area contributed by atoms with Gasteiger partial charge in [0.05, 0.1) is 12.6 Å². The van der Waals surface area contributed by atoms with Crippen molar-refractivity contribution in [2.24, 2.45) is 4.99 Å². The van der Waals surface area contributed by atoms with Gasteiger partial charge < -0.3 is 9.84 Å². The van der Waals surface area contributed by atoms with E-state index in [1.54, 1.807) is 12.3 Å². The molecule has 1 atom stereocenters. The van der Waals surface area contributed by atoms with E-state index in [1.165, 1.54) is 32.1 Å². The number of phenolic OH excluding ortho intramolecular Hbond substituents is 1. The zero-order valence-corrected chi connectivity index (χ0v) is 16.0. The highest BCUT2D eigenvalue weighted by molar-refractivity contribution is 5.83. The molecule has 0 aliphatic rings. The van der Waals surface area contributed by atoms with Gasteiger partial charge in [-0.15, -0.1) is 0 Å². The molecule has 140 valence electrons. The molecule has 0 amide bonds. The van der Waals surface area contributed by atoms with E-state index in [2.05, 4.69) is 24.0 Å². The number of aliphatic imine (C=N–C) groups is 1. The van der Waals surface area contributed by atoms with Crippen LogP contribution >= 0.6 is 0 Å². The summed E-state index contributed by atoms with van der Waals surface area (Å²) in [6.07, 6.45) is 9.17. The van der Waals surface area contributed by atoms with Gasteiger partial charge in [-0.3, -0.25) is 4.99 Å². The smallest absolute Gasteiger partial charge is 0.128 e. The molecule has 26 heavy (non-hydrogen) atoms. The van der Waals surface area contributed by atoms with E-state index in [-0.39, 0.29) is 11.8 Å². The van der Waals surface area contributed by atoms with Gasteiger partial charge in [0, 0.05) is 17.8 Å². The van der Waals surface area contributed by atoms with Crippen LogP contribution in [0.25, 0.3) is 0 Å². The molecule has 0 radical (unpaired) electrons. The SMILES string of the molecule is CCCCCCCCOc1ccc(C=N[C@@H](C)c2ccccc2)c(O)c1. The van der Waals surface area contributed by atoms with Crippen LogP contribution in [0.3, 0.4) is 0 Å². The fourth-order valence-electron chi connectivity index (χ4n) is 2.80. The number of unbranched alkanes of at least 4 members (excludes halogenated alkanes) is 5. The fraction of sp³-hybridized carbons (Fsp3) is 0.435. The van der Waals surface area contributed by atoms with Crippen molar-refractivity contribution in [3.8, 4) is 11.5 Å². The Labute approximate surface area is 157 Å². The van der Waals surface area contributed by atoms with Crippen LogP contribution < -0.4 is 4.74 Å². The number of benzene rings is 2. The van der Waals surface area contributed by atoms with Crippen molar-refractivity contribution in [1.29, 1.82) is 0 Å². The average Bonchev–Trinajstić information content (AvgIpc) is 2.67. The molecule has 0 aromatic heterocycles. The molecule has 3 heteroatoms. The topological polar surface area (TPSA) is 41.8 Å². The molecule has 0 saturated carbocycles. The van der Waals surface area contributed by atoms with Crippen LogP contribution in [0.5, 0.6) is 11.5 Å². The standard InChI is InChI=1S/C23H31NO2/c1-3-4-5-6-7-11-16-26-22-15-14-21(23(25)17-22)18-24-19(2)20-12-9-8-10-13-20/h8-10,12-15,17-19,25H,3-7,11,16H2,1-2H3/t19-/m0/s1. The highest BCUT2D eigenvalue weighted by atomic mass is 16.5. The number of hydrogen-bond acceptors (Lipinski definition) is 3. The highest BCUT2D eigenvalue weighted by Crippen LogP contribution is 2.24. The molecule has 0 fully saturated rings. The zero-order chi connectivity index (χ0) is 18.6. The summed E-state index contributed by atoms with van der Waals surface area (Å²) in [5.41, 5.74) is 1.86. The lowest BCUT2D eigenvalue weighted by Crippen LogP contribution is -1.98. The van der Waals surface area contributed by atoms with E-state index >= 15 is 0 Å².